The predicted molar refractivity (Wildman–Crippen MR) is 163 cm³/mol. The average Bonchev–Trinajstić information content (AvgIpc) is 3.41. The Morgan fingerprint density at radius 2 is 1.61 bits per heavy atom. The average molecular weight is 623 g/mol. The molecule has 46 heavy (non-hydrogen) atoms. The number of ether oxygens (including phenoxy) is 1. The van der Waals surface area contributed by atoms with E-state index in [2.05, 4.69) is 0 Å². The second kappa shape index (κ2) is 10.3. The number of phenolic OH excluding ortho intramolecular Hbond substituents is 1. The van der Waals surface area contributed by atoms with Gasteiger partial charge in [0.05, 0.1) is 41.7 Å². The summed E-state index contributed by atoms with van der Waals surface area (Å²) in [6.45, 7) is 1.73. The number of phenols is 2. The summed E-state index contributed by atoms with van der Waals surface area (Å²) in [5, 5.41) is 31.1. The molecule has 2 aliphatic carbocycles. The number of allylic oxidation sites excluding steroid dienone is 2. The van der Waals surface area contributed by atoms with E-state index >= 15 is 0 Å². The third kappa shape index (κ3) is 3.87. The first-order valence-corrected chi connectivity index (χ1v) is 14.9. The molecule has 2 saturated heterocycles. The molecule has 0 unspecified atom stereocenters. The number of hydrogen-bond acceptors (Lipinski definition) is 8. The minimum Gasteiger partial charge on any atom is -0.507 e. The molecule has 2 heterocycles. The highest BCUT2D eigenvalue weighted by molar-refractivity contribution is 6.25. The van der Waals surface area contributed by atoms with Gasteiger partial charge in [-0.2, -0.15) is 0 Å². The van der Waals surface area contributed by atoms with Crippen LogP contribution in [-0.4, -0.2) is 52.0 Å². The highest BCUT2D eigenvalue weighted by Gasteiger charge is 2.68. The standard InChI is InChI=1S/C35H30N2O9/c1-35-24(31(41)37(34(35)45)17-7-4-3-5-8-17)16-23-19(28(35)22-9-6-10-26(46-2)29(22)39)13-14-21-27(23)32(42)36(30(21)40)18-11-12-20(33(43)44)25(38)15-18/h3-13,15,21,23-24,27-28,38-39H,14,16H2,1-2H3,(H,43,44)/t21-,23+,24-,27-,28+,35+/m0/s1. The number of carbonyl (C=O) groups is 5. The van der Waals surface area contributed by atoms with Gasteiger partial charge in [-0.05, 0) is 56.0 Å². The van der Waals surface area contributed by atoms with Gasteiger partial charge in [0.25, 0.3) is 0 Å². The molecule has 4 aliphatic rings. The van der Waals surface area contributed by atoms with E-state index < -0.39 is 70.4 Å². The summed E-state index contributed by atoms with van der Waals surface area (Å²) in [5.41, 5.74) is -0.190. The van der Waals surface area contributed by atoms with Crippen LogP contribution in [0.5, 0.6) is 17.2 Å². The van der Waals surface area contributed by atoms with Gasteiger partial charge >= 0.3 is 5.97 Å². The second-order valence-electron chi connectivity index (χ2n) is 12.4. The normalized spacial score (nSPS) is 28.5. The lowest BCUT2D eigenvalue weighted by atomic mass is 9.51. The summed E-state index contributed by atoms with van der Waals surface area (Å²) in [7, 11) is 1.41. The lowest BCUT2D eigenvalue weighted by molar-refractivity contribution is -0.131. The van der Waals surface area contributed by atoms with Crippen LogP contribution in [0.3, 0.4) is 0 Å². The van der Waals surface area contributed by atoms with E-state index in [9.17, 15) is 39.3 Å². The van der Waals surface area contributed by atoms with Crippen molar-refractivity contribution in [1.29, 1.82) is 0 Å². The zero-order valence-corrected chi connectivity index (χ0v) is 24.9. The molecule has 3 aromatic rings. The highest BCUT2D eigenvalue weighted by Crippen LogP contribution is 2.65. The van der Waals surface area contributed by atoms with E-state index in [1.165, 1.54) is 18.1 Å². The maximum atomic E-state index is 14.5. The molecule has 3 fully saturated rings. The molecule has 0 aromatic heterocycles. The summed E-state index contributed by atoms with van der Waals surface area (Å²) >= 11 is 0. The number of carboxylic acids is 1. The van der Waals surface area contributed by atoms with Gasteiger partial charge in [-0.15, -0.1) is 0 Å². The molecule has 0 spiro atoms. The van der Waals surface area contributed by atoms with E-state index in [4.69, 9.17) is 4.74 Å². The number of imide groups is 2. The number of carbonyl (C=O) groups excluding carboxylic acids is 4. The molecule has 3 N–H and O–H groups in total. The van der Waals surface area contributed by atoms with Gasteiger partial charge < -0.3 is 20.1 Å². The van der Waals surface area contributed by atoms with E-state index in [1.807, 2.05) is 6.08 Å². The number of rotatable bonds is 5. The molecule has 1 saturated carbocycles. The Morgan fingerprint density at radius 1 is 0.870 bits per heavy atom. The van der Waals surface area contributed by atoms with Gasteiger partial charge in [-0.3, -0.25) is 19.2 Å². The number of benzene rings is 3. The molecule has 0 radical (unpaired) electrons. The van der Waals surface area contributed by atoms with Crippen molar-refractivity contribution in [3.05, 3.63) is 89.5 Å². The van der Waals surface area contributed by atoms with Crippen LogP contribution in [0.2, 0.25) is 0 Å². The Morgan fingerprint density at radius 3 is 2.28 bits per heavy atom. The van der Waals surface area contributed by atoms with Crippen LogP contribution in [0, 0.1) is 29.1 Å². The largest absolute Gasteiger partial charge is 0.507 e. The molecule has 7 rings (SSSR count). The fraction of sp³-hybridized carbons (Fsp3) is 0.286. The minimum absolute atomic E-state index is 0.0402. The van der Waals surface area contributed by atoms with Crippen molar-refractivity contribution in [1.82, 2.24) is 0 Å². The van der Waals surface area contributed by atoms with Gasteiger partial charge in [0.15, 0.2) is 11.5 Å². The van der Waals surface area contributed by atoms with Crippen LogP contribution in [0.4, 0.5) is 11.4 Å². The van der Waals surface area contributed by atoms with Crippen LogP contribution < -0.4 is 14.5 Å². The van der Waals surface area contributed by atoms with Crippen molar-refractivity contribution >= 4 is 41.0 Å². The number of amides is 4. The summed E-state index contributed by atoms with van der Waals surface area (Å²) in [5.74, 6) is -7.82. The van der Waals surface area contributed by atoms with E-state index in [0.29, 0.717) is 16.8 Å². The van der Waals surface area contributed by atoms with Crippen molar-refractivity contribution in [2.75, 3.05) is 16.9 Å². The van der Waals surface area contributed by atoms with Crippen molar-refractivity contribution in [2.45, 2.75) is 25.7 Å². The smallest absolute Gasteiger partial charge is 0.339 e. The first-order valence-electron chi connectivity index (χ1n) is 14.9. The van der Waals surface area contributed by atoms with E-state index in [1.54, 1.807) is 55.5 Å². The molecular formula is C35H30N2O9. The Labute approximate surface area is 263 Å². The number of anilines is 2. The number of nitrogens with zero attached hydrogens (tertiary/aromatic N) is 2. The fourth-order valence-corrected chi connectivity index (χ4v) is 8.21. The number of fused-ring (bicyclic) bond motifs is 4. The zero-order valence-electron chi connectivity index (χ0n) is 24.9. The monoisotopic (exact) mass is 622 g/mol. The number of methoxy groups -OCH3 is 1. The fourth-order valence-electron chi connectivity index (χ4n) is 8.21. The van der Waals surface area contributed by atoms with Crippen molar-refractivity contribution < 1.29 is 44.0 Å². The van der Waals surface area contributed by atoms with Gasteiger partial charge in [-0.25, -0.2) is 14.6 Å². The van der Waals surface area contributed by atoms with Crippen molar-refractivity contribution in [3.63, 3.8) is 0 Å². The van der Waals surface area contributed by atoms with Crippen LogP contribution in [-0.2, 0) is 19.2 Å². The predicted octanol–water partition coefficient (Wildman–Crippen LogP) is 4.24. The molecule has 11 nitrogen and oxygen atoms in total. The molecule has 234 valence electrons. The Hall–Kier alpha value is -5.45. The topological polar surface area (TPSA) is 162 Å². The van der Waals surface area contributed by atoms with Gasteiger partial charge in [0, 0.05) is 17.5 Å². The number of aromatic carboxylic acids is 1. The summed E-state index contributed by atoms with van der Waals surface area (Å²) < 4.78 is 5.40. The molecule has 6 atom stereocenters. The van der Waals surface area contributed by atoms with Crippen LogP contribution >= 0.6 is 0 Å². The zero-order chi connectivity index (χ0) is 32.7. The number of hydrogen-bond donors (Lipinski definition) is 3. The van der Waals surface area contributed by atoms with E-state index in [0.717, 1.165) is 17.0 Å². The van der Waals surface area contributed by atoms with Crippen molar-refractivity contribution in [3.8, 4) is 17.2 Å². The highest BCUT2D eigenvalue weighted by atomic mass is 16.5. The lowest BCUT2D eigenvalue weighted by Gasteiger charge is -2.49. The van der Waals surface area contributed by atoms with Gasteiger partial charge in [0.2, 0.25) is 23.6 Å². The molecule has 3 aromatic carbocycles. The maximum Gasteiger partial charge on any atom is 0.339 e. The molecular weight excluding hydrogens is 592 g/mol. The van der Waals surface area contributed by atoms with Gasteiger partial charge in [0.1, 0.15) is 11.3 Å². The minimum atomic E-state index is -1.36. The molecule has 0 bridgehead atoms. The Balaban J connectivity index is 1.36. The lowest BCUT2D eigenvalue weighted by Crippen LogP contribution is -2.48. The number of aromatic hydroxyl groups is 2. The third-order valence-electron chi connectivity index (χ3n) is 10.3. The Kier molecular flexibility index (Phi) is 6.55. The first-order chi connectivity index (χ1) is 22.0. The van der Waals surface area contributed by atoms with Crippen LogP contribution in [0.25, 0.3) is 0 Å². The number of para-hydroxylation sites is 2. The van der Waals surface area contributed by atoms with Crippen molar-refractivity contribution in [2.24, 2.45) is 29.1 Å². The molecule has 4 amide bonds. The molecule has 11 heteroatoms. The quantitative estimate of drug-likeness (QED) is 0.279. The number of carboxylic acid groups (broad SMARTS) is 1. The van der Waals surface area contributed by atoms with Crippen LogP contribution in [0.15, 0.2) is 78.4 Å². The van der Waals surface area contributed by atoms with Crippen LogP contribution in [0.1, 0.15) is 41.6 Å². The SMILES string of the molecule is COc1cccc([C@H]2C3=CC[C@@H]4C(=O)N(c5ccc(C(=O)O)c(O)c5)C(=O)[C@@H]4[C@@H]3C[C@H]3C(=O)N(c4ccccc4)C(=O)[C@@]23C)c1O. The first kappa shape index (κ1) is 29.3. The third-order valence-corrected chi connectivity index (χ3v) is 10.3. The Bertz CT molecular complexity index is 1890. The molecule has 2 aliphatic heterocycles. The van der Waals surface area contributed by atoms with E-state index in [-0.39, 0.29) is 35.6 Å². The summed E-state index contributed by atoms with van der Waals surface area (Å²) in [6, 6.07) is 17.1. The summed E-state index contributed by atoms with van der Waals surface area (Å²) in [4.78, 5) is 70.3. The second-order valence-corrected chi connectivity index (χ2v) is 12.4. The maximum absolute atomic E-state index is 14.5. The van der Waals surface area contributed by atoms with Gasteiger partial charge in [-0.1, -0.05) is 42.0 Å². The summed E-state index contributed by atoms with van der Waals surface area (Å²) in [6.07, 6.45) is 2.15.